The fourth-order valence-corrected chi connectivity index (χ4v) is 2.40. The number of aryl methyl sites for hydroxylation is 1. The molecule has 1 aromatic carbocycles. The second-order valence-electron chi connectivity index (χ2n) is 6.20. The van der Waals surface area contributed by atoms with Crippen LogP contribution in [-0.4, -0.2) is 16.6 Å². The van der Waals surface area contributed by atoms with Crippen molar-refractivity contribution in [2.24, 2.45) is 0 Å². The molecular formula is C22H28N2O. The van der Waals surface area contributed by atoms with Gasteiger partial charge in [0.2, 0.25) is 5.82 Å². The molecule has 0 unspecified atom stereocenters. The zero-order chi connectivity index (χ0) is 17.7. The molecule has 132 valence electrons. The first-order valence-corrected chi connectivity index (χ1v) is 9.37. The molecule has 0 radical (unpaired) electrons. The molecule has 0 aliphatic heterocycles. The lowest BCUT2D eigenvalue weighted by molar-refractivity contribution is 0.309. The van der Waals surface area contributed by atoms with Crippen LogP contribution in [0.3, 0.4) is 0 Å². The molecule has 1 heterocycles. The maximum absolute atomic E-state index is 5.65. The van der Waals surface area contributed by atoms with E-state index < -0.39 is 0 Å². The predicted molar refractivity (Wildman–Crippen MR) is 103 cm³/mol. The molecule has 25 heavy (non-hydrogen) atoms. The Labute approximate surface area is 151 Å². The minimum Gasteiger partial charge on any atom is -0.494 e. The summed E-state index contributed by atoms with van der Waals surface area (Å²) in [5, 5.41) is 0. The first kappa shape index (κ1) is 19.0. The van der Waals surface area contributed by atoms with E-state index in [2.05, 4.69) is 35.7 Å². The van der Waals surface area contributed by atoms with E-state index in [9.17, 15) is 0 Å². The largest absolute Gasteiger partial charge is 0.494 e. The number of benzene rings is 1. The lowest BCUT2D eigenvalue weighted by Crippen LogP contribution is -1.96. The number of hydrogen-bond donors (Lipinski definition) is 0. The Hall–Kier alpha value is -2.34. The summed E-state index contributed by atoms with van der Waals surface area (Å²) >= 11 is 0. The van der Waals surface area contributed by atoms with Gasteiger partial charge in [-0.05, 0) is 55.0 Å². The minimum absolute atomic E-state index is 0.570. The van der Waals surface area contributed by atoms with Crippen molar-refractivity contribution < 1.29 is 4.74 Å². The summed E-state index contributed by atoms with van der Waals surface area (Å²) in [6.45, 7) is 5.15. The molecule has 2 rings (SSSR count). The molecule has 0 bridgehead atoms. The Balaban J connectivity index is 1.85. The van der Waals surface area contributed by atoms with Gasteiger partial charge in [0.15, 0.2) is 0 Å². The number of rotatable bonds is 9. The second-order valence-corrected chi connectivity index (χ2v) is 6.20. The standard InChI is InChI=1S/C22H28N2O/c1-3-5-7-8-9-20-17-23-22(24-18-20)15-12-19-10-13-21(14-11-19)25-16-6-4-2/h10-11,13-14,17-18H,3-9,16H2,1-2H3. The van der Waals surface area contributed by atoms with Gasteiger partial charge < -0.3 is 4.74 Å². The predicted octanol–water partition coefficient (Wildman–Crippen LogP) is 5.18. The number of nitrogens with zero attached hydrogens (tertiary/aromatic N) is 2. The van der Waals surface area contributed by atoms with Crippen LogP contribution in [0.4, 0.5) is 0 Å². The van der Waals surface area contributed by atoms with E-state index in [1.54, 1.807) is 0 Å². The van der Waals surface area contributed by atoms with Crippen LogP contribution in [0.5, 0.6) is 5.75 Å². The molecule has 0 spiro atoms. The average molecular weight is 336 g/mol. The summed E-state index contributed by atoms with van der Waals surface area (Å²) in [6, 6.07) is 7.85. The van der Waals surface area contributed by atoms with E-state index in [1.807, 2.05) is 36.7 Å². The molecule has 0 aliphatic carbocycles. The molecule has 0 saturated heterocycles. The van der Waals surface area contributed by atoms with Crippen molar-refractivity contribution in [2.45, 2.75) is 58.8 Å². The quantitative estimate of drug-likeness (QED) is 0.467. The summed E-state index contributed by atoms with van der Waals surface area (Å²) in [5.74, 6) is 7.59. The van der Waals surface area contributed by atoms with Crippen LogP contribution < -0.4 is 4.74 Å². The summed E-state index contributed by atoms with van der Waals surface area (Å²) in [6.07, 6.45) is 12.1. The van der Waals surface area contributed by atoms with Gasteiger partial charge in [0.05, 0.1) is 6.61 Å². The van der Waals surface area contributed by atoms with Crippen molar-refractivity contribution in [3.05, 3.63) is 53.6 Å². The van der Waals surface area contributed by atoms with E-state index >= 15 is 0 Å². The van der Waals surface area contributed by atoms with E-state index in [0.717, 1.165) is 37.2 Å². The summed E-state index contributed by atoms with van der Waals surface area (Å²) < 4.78 is 5.65. The zero-order valence-electron chi connectivity index (χ0n) is 15.4. The monoisotopic (exact) mass is 336 g/mol. The second kappa shape index (κ2) is 11.3. The van der Waals surface area contributed by atoms with Crippen molar-refractivity contribution >= 4 is 0 Å². The van der Waals surface area contributed by atoms with Gasteiger partial charge in [-0.1, -0.05) is 45.5 Å². The van der Waals surface area contributed by atoms with Gasteiger partial charge in [-0.15, -0.1) is 0 Å². The maximum atomic E-state index is 5.65. The van der Waals surface area contributed by atoms with Crippen LogP contribution in [0.1, 0.15) is 69.3 Å². The molecule has 0 aliphatic rings. The molecule has 1 aromatic heterocycles. The van der Waals surface area contributed by atoms with Crippen molar-refractivity contribution in [3.8, 4) is 17.6 Å². The van der Waals surface area contributed by atoms with Gasteiger partial charge in [-0.3, -0.25) is 0 Å². The summed E-state index contributed by atoms with van der Waals surface area (Å²) in [7, 11) is 0. The SMILES string of the molecule is CCCCCCc1cnc(C#Cc2ccc(OCCCC)cc2)nc1. The van der Waals surface area contributed by atoms with Gasteiger partial charge >= 0.3 is 0 Å². The van der Waals surface area contributed by atoms with E-state index in [0.29, 0.717) is 5.82 Å². The fourth-order valence-electron chi connectivity index (χ4n) is 2.40. The first-order valence-electron chi connectivity index (χ1n) is 9.37. The van der Waals surface area contributed by atoms with Crippen LogP contribution in [0.25, 0.3) is 0 Å². The van der Waals surface area contributed by atoms with Crippen molar-refractivity contribution in [3.63, 3.8) is 0 Å². The number of aromatic nitrogens is 2. The van der Waals surface area contributed by atoms with E-state index in [4.69, 9.17) is 4.74 Å². The Morgan fingerprint density at radius 3 is 2.24 bits per heavy atom. The molecule has 0 amide bonds. The highest BCUT2D eigenvalue weighted by Gasteiger charge is 1.97. The normalized spacial score (nSPS) is 10.2. The molecule has 3 nitrogen and oxygen atoms in total. The highest BCUT2D eigenvalue weighted by Crippen LogP contribution is 2.12. The van der Waals surface area contributed by atoms with Crippen LogP contribution in [-0.2, 0) is 6.42 Å². The van der Waals surface area contributed by atoms with Gasteiger partial charge in [0.1, 0.15) is 5.75 Å². The van der Waals surface area contributed by atoms with Crippen molar-refractivity contribution in [1.82, 2.24) is 9.97 Å². The molecule has 0 atom stereocenters. The van der Waals surface area contributed by atoms with Gasteiger partial charge in [-0.2, -0.15) is 0 Å². The molecule has 2 aromatic rings. The third-order valence-corrected chi connectivity index (χ3v) is 3.96. The van der Waals surface area contributed by atoms with Crippen LogP contribution >= 0.6 is 0 Å². The molecule has 3 heteroatoms. The zero-order valence-corrected chi connectivity index (χ0v) is 15.4. The summed E-state index contributed by atoms with van der Waals surface area (Å²) in [5.41, 5.74) is 2.13. The van der Waals surface area contributed by atoms with Gasteiger partial charge in [0, 0.05) is 18.0 Å². The highest BCUT2D eigenvalue weighted by molar-refractivity contribution is 5.40. The van der Waals surface area contributed by atoms with Crippen LogP contribution in [0.2, 0.25) is 0 Å². The van der Waals surface area contributed by atoms with Crippen LogP contribution in [0, 0.1) is 11.8 Å². The van der Waals surface area contributed by atoms with Crippen molar-refractivity contribution in [1.29, 1.82) is 0 Å². The molecule has 0 N–H and O–H groups in total. The molecule has 0 fully saturated rings. The van der Waals surface area contributed by atoms with Crippen LogP contribution in [0.15, 0.2) is 36.7 Å². The third kappa shape index (κ3) is 7.39. The molecule has 0 saturated carbocycles. The molecular weight excluding hydrogens is 308 g/mol. The third-order valence-electron chi connectivity index (χ3n) is 3.96. The van der Waals surface area contributed by atoms with Crippen molar-refractivity contribution in [2.75, 3.05) is 6.61 Å². The average Bonchev–Trinajstić information content (AvgIpc) is 2.66. The van der Waals surface area contributed by atoms with Gasteiger partial charge in [-0.25, -0.2) is 9.97 Å². The summed E-state index contributed by atoms with van der Waals surface area (Å²) in [4.78, 5) is 8.70. The smallest absolute Gasteiger partial charge is 0.205 e. The number of hydrogen-bond acceptors (Lipinski definition) is 3. The topological polar surface area (TPSA) is 35.0 Å². The van der Waals surface area contributed by atoms with E-state index in [1.165, 1.54) is 31.2 Å². The maximum Gasteiger partial charge on any atom is 0.205 e. The lowest BCUT2D eigenvalue weighted by Gasteiger charge is -2.04. The highest BCUT2D eigenvalue weighted by atomic mass is 16.5. The first-order chi connectivity index (χ1) is 12.3. The Morgan fingerprint density at radius 2 is 1.56 bits per heavy atom. The number of ether oxygens (including phenoxy) is 1. The Bertz CT molecular complexity index is 666. The lowest BCUT2D eigenvalue weighted by atomic mass is 10.1. The Morgan fingerprint density at radius 1 is 0.840 bits per heavy atom. The fraction of sp³-hybridized carbons (Fsp3) is 0.455. The minimum atomic E-state index is 0.570. The van der Waals surface area contributed by atoms with Gasteiger partial charge in [0.25, 0.3) is 0 Å². The Kier molecular flexibility index (Phi) is 8.55. The van der Waals surface area contributed by atoms with E-state index in [-0.39, 0.29) is 0 Å². The number of unbranched alkanes of at least 4 members (excludes halogenated alkanes) is 4.